The number of hydrogen-bond acceptors (Lipinski definition) is 3. The highest BCUT2D eigenvalue weighted by Crippen LogP contribution is 2.21. The third-order valence-corrected chi connectivity index (χ3v) is 3.42. The monoisotopic (exact) mass is 259 g/mol. The first-order valence-corrected chi connectivity index (χ1v) is 6.81. The van der Waals surface area contributed by atoms with Crippen LogP contribution in [-0.4, -0.2) is 30.1 Å². The van der Waals surface area contributed by atoms with E-state index in [0.717, 1.165) is 19.5 Å². The van der Waals surface area contributed by atoms with Crippen molar-refractivity contribution in [1.29, 1.82) is 0 Å². The molecule has 1 aliphatic rings. The molecule has 0 aromatic heterocycles. The van der Waals surface area contributed by atoms with E-state index >= 15 is 0 Å². The van der Waals surface area contributed by atoms with E-state index in [1.54, 1.807) is 0 Å². The Kier molecular flexibility index (Phi) is 4.74. The molecule has 0 aliphatic carbocycles. The molecule has 1 atom stereocenters. The van der Waals surface area contributed by atoms with E-state index < -0.39 is 0 Å². The maximum atomic E-state index is 12.1. The van der Waals surface area contributed by atoms with Crippen LogP contribution in [0, 0.1) is 0 Å². The molecule has 0 saturated carbocycles. The summed E-state index contributed by atoms with van der Waals surface area (Å²) in [6.07, 6.45) is 2.96. The summed E-state index contributed by atoms with van der Waals surface area (Å²) in [5.74, 6) is -0.106. The Morgan fingerprint density at radius 2 is 2.11 bits per heavy atom. The van der Waals surface area contributed by atoms with Crippen LogP contribution in [0.3, 0.4) is 0 Å². The van der Waals surface area contributed by atoms with Crippen molar-refractivity contribution in [3.05, 3.63) is 47.5 Å². The Balaban J connectivity index is 2.10. The van der Waals surface area contributed by atoms with Crippen LogP contribution >= 0.6 is 0 Å². The van der Waals surface area contributed by atoms with Crippen molar-refractivity contribution in [2.75, 3.05) is 13.2 Å². The zero-order valence-electron chi connectivity index (χ0n) is 11.6. The van der Waals surface area contributed by atoms with E-state index in [1.807, 2.05) is 25.1 Å². The van der Waals surface area contributed by atoms with Gasteiger partial charge in [0.15, 0.2) is 0 Å². The number of carbonyl (C=O) groups excluding carboxylic acids is 1. The predicted octanol–water partition coefficient (Wildman–Crippen LogP) is 2.77. The number of ether oxygens (including phenoxy) is 1. The van der Waals surface area contributed by atoms with Crippen molar-refractivity contribution in [1.82, 2.24) is 4.90 Å². The van der Waals surface area contributed by atoms with Gasteiger partial charge < -0.3 is 4.74 Å². The van der Waals surface area contributed by atoms with Crippen molar-refractivity contribution in [2.24, 2.45) is 0 Å². The summed E-state index contributed by atoms with van der Waals surface area (Å²) in [6, 6.07) is 10.1. The highest BCUT2D eigenvalue weighted by molar-refractivity contribution is 5.76. The van der Waals surface area contributed by atoms with Gasteiger partial charge >= 0.3 is 5.97 Å². The molecule has 1 aliphatic heterocycles. The van der Waals surface area contributed by atoms with Crippen LogP contribution in [0.5, 0.6) is 0 Å². The lowest BCUT2D eigenvalue weighted by Gasteiger charge is -2.33. The minimum absolute atomic E-state index is 0.106. The maximum Gasteiger partial charge on any atom is 0.323 e. The number of benzene rings is 1. The molecule has 0 amide bonds. The Labute approximate surface area is 114 Å². The number of hydrogen-bond donors (Lipinski definition) is 0. The molecule has 1 aromatic rings. The van der Waals surface area contributed by atoms with Gasteiger partial charge in [0.25, 0.3) is 0 Å². The standard InChI is InChI=1S/C16H21NO2/c1-3-19-16(18)15-11-13(2)9-10-17(15)12-14-7-5-4-6-8-14/h4-9,15H,3,10-12H2,1-2H3/t15-/m0/s1. The summed E-state index contributed by atoms with van der Waals surface area (Å²) in [7, 11) is 0. The first-order valence-electron chi connectivity index (χ1n) is 6.81. The van der Waals surface area contributed by atoms with E-state index in [2.05, 4.69) is 30.0 Å². The second kappa shape index (κ2) is 6.53. The van der Waals surface area contributed by atoms with Crippen molar-refractivity contribution in [3.8, 4) is 0 Å². The lowest BCUT2D eigenvalue weighted by Crippen LogP contribution is -2.44. The molecule has 102 valence electrons. The highest BCUT2D eigenvalue weighted by atomic mass is 16.5. The van der Waals surface area contributed by atoms with Crippen molar-refractivity contribution < 1.29 is 9.53 Å². The van der Waals surface area contributed by atoms with Crippen molar-refractivity contribution >= 4 is 5.97 Å². The SMILES string of the molecule is CCOC(=O)[C@@H]1CC(C)=CCN1Cc1ccccc1. The van der Waals surface area contributed by atoms with Gasteiger partial charge in [0.05, 0.1) is 6.61 Å². The van der Waals surface area contributed by atoms with Gasteiger partial charge in [-0.05, 0) is 25.8 Å². The molecule has 1 aromatic carbocycles. The van der Waals surface area contributed by atoms with Gasteiger partial charge in [-0.15, -0.1) is 0 Å². The molecule has 0 spiro atoms. The number of esters is 1. The molecule has 0 N–H and O–H groups in total. The quantitative estimate of drug-likeness (QED) is 0.615. The summed E-state index contributed by atoms with van der Waals surface area (Å²) < 4.78 is 5.19. The smallest absolute Gasteiger partial charge is 0.323 e. The largest absolute Gasteiger partial charge is 0.465 e. The van der Waals surface area contributed by atoms with Crippen LogP contribution in [-0.2, 0) is 16.1 Å². The zero-order valence-corrected chi connectivity index (χ0v) is 11.6. The van der Waals surface area contributed by atoms with Crippen LogP contribution in [0.4, 0.5) is 0 Å². The molecule has 0 unspecified atom stereocenters. The lowest BCUT2D eigenvalue weighted by atomic mass is 10.0. The topological polar surface area (TPSA) is 29.5 Å². The molecular weight excluding hydrogens is 238 g/mol. The molecule has 3 nitrogen and oxygen atoms in total. The Morgan fingerprint density at radius 3 is 2.79 bits per heavy atom. The number of nitrogens with zero attached hydrogens (tertiary/aromatic N) is 1. The second-order valence-corrected chi connectivity index (χ2v) is 4.94. The van der Waals surface area contributed by atoms with Gasteiger partial charge in [-0.2, -0.15) is 0 Å². The van der Waals surface area contributed by atoms with Crippen LogP contribution in [0.15, 0.2) is 42.0 Å². The van der Waals surface area contributed by atoms with E-state index in [1.165, 1.54) is 11.1 Å². The summed E-state index contributed by atoms with van der Waals surface area (Å²) in [5.41, 5.74) is 2.49. The zero-order chi connectivity index (χ0) is 13.7. The average molecular weight is 259 g/mol. The van der Waals surface area contributed by atoms with Crippen molar-refractivity contribution in [3.63, 3.8) is 0 Å². The first kappa shape index (κ1) is 13.8. The summed E-state index contributed by atoms with van der Waals surface area (Å²) >= 11 is 0. The molecule has 0 fully saturated rings. The molecule has 2 rings (SSSR count). The normalized spacial score (nSPS) is 19.9. The molecule has 0 saturated heterocycles. The van der Waals surface area contributed by atoms with Crippen LogP contribution in [0.25, 0.3) is 0 Å². The third-order valence-electron chi connectivity index (χ3n) is 3.42. The minimum atomic E-state index is -0.148. The highest BCUT2D eigenvalue weighted by Gasteiger charge is 2.29. The van der Waals surface area contributed by atoms with Gasteiger partial charge in [-0.3, -0.25) is 9.69 Å². The van der Waals surface area contributed by atoms with Crippen LogP contribution in [0.2, 0.25) is 0 Å². The van der Waals surface area contributed by atoms with E-state index in [9.17, 15) is 4.79 Å². The number of rotatable bonds is 4. The molecule has 0 radical (unpaired) electrons. The van der Waals surface area contributed by atoms with E-state index in [4.69, 9.17) is 4.74 Å². The second-order valence-electron chi connectivity index (χ2n) is 4.94. The fraction of sp³-hybridized carbons (Fsp3) is 0.438. The van der Waals surface area contributed by atoms with Crippen molar-refractivity contribution in [2.45, 2.75) is 32.9 Å². The lowest BCUT2D eigenvalue weighted by molar-refractivity contribution is -0.149. The van der Waals surface area contributed by atoms with Gasteiger partial charge in [-0.1, -0.05) is 42.0 Å². The minimum Gasteiger partial charge on any atom is -0.465 e. The van der Waals surface area contributed by atoms with Gasteiger partial charge in [0, 0.05) is 13.1 Å². The average Bonchev–Trinajstić information content (AvgIpc) is 2.42. The van der Waals surface area contributed by atoms with Gasteiger partial charge in [-0.25, -0.2) is 0 Å². The van der Waals surface area contributed by atoms with E-state index in [-0.39, 0.29) is 12.0 Å². The number of carbonyl (C=O) groups is 1. The third kappa shape index (κ3) is 3.67. The molecule has 19 heavy (non-hydrogen) atoms. The van der Waals surface area contributed by atoms with Gasteiger partial charge in [0.1, 0.15) is 6.04 Å². The molecule has 0 bridgehead atoms. The fourth-order valence-electron chi connectivity index (χ4n) is 2.38. The Bertz CT molecular complexity index is 453. The van der Waals surface area contributed by atoms with Gasteiger partial charge in [0.2, 0.25) is 0 Å². The maximum absolute atomic E-state index is 12.1. The molecule has 3 heteroatoms. The van der Waals surface area contributed by atoms with Crippen LogP contribution in [0.1, 0.15) is 25.8 Å². The fourth-order valence-corrected chi connectivity index (χ4v) is 2.38. The summed E-state index contributed by atoms with van der Waals surface area (Å²) in [6.45, 7) is 5.96. The molecule has 1 heterocycles. The summed E-state index contributed by atoms with van der Waals surface area (Å²) in [5, 5.41) is 0. The Hall–Kier alpha value is -1.61. The molecular formula is C16H21NO2. The van der Waals surface area contributed by atoms with Crippen LogP contribution < -0.4 is 0 Å². The Morgan fingerprint density at radius 1 is 1.37 bits per heavy atom. The summed E-state index contributed by atoms with van der Waals surface area (Å²) in [4.78, 5) is 14.2. The first-order chi connectivity index (χ1) is 9.20. The van der Waals surface area contributed by atoms with E-state index in [0.29, 0.717) is 6.61 Å². The predicted molar refractivity (Wildman–Crippen MR) is 75.6 cm³/mol.